The summed E-state index contributed by atoms with van der Waals surface area (Å²) < 4.78 is 19.7. The minimum absolute atomic E-state index is 0.591. The maximum absolute atomic E-state index is 5.30. The normalized spacial score (nSPS) is 10.1. The quantitative estimate of drug-likeness (QED) is 0.875. The van der Waals surface area contributed by atoms with Crippen molar-refractivity contribution in [3.63, 3.8) is 0 Å². The number of ether oxygens (including phenoxy) is 3. The van der Waals surface area contributed by atoms with Gasteiger partial charge in [0.1, 0.15) is 5.00 Å². The first kappa shape index (κ1) is 13.4. The molecule has 0 spiro atoms. The van der Waals surface area contributed by atoms with Gasteiger partial charge in [0.25, 0.3) is 0 Å². The van der Waals surface area contributed by atoms with E-state index in [0.29, 0.717) is 23.8 Å². The highest BCUT2D eigenvalue weighted by Crippen LogP contribution is 2.38. The average Bonchev–Trinajstić information content (AvgIpc) is 2.97. The first-order valence-corrected chi connectivity index (χ1v) is 6.36. The monoisotopic (exact) mass is 281 g/mol. The third-order valence-electron chi connectivity index (χ3n) is 2.55. The van der Waals surface area contributed by atoms with Gasteiger partial charge in [0.2, 0.25) is 5.75 Å². The Labute approximate surface area is 115 Å². The largest absolute Gasteiger partial charge is 0.493 e. The van der Waals surface area contributed by atoms with Crippen LogP contribution in [0.3, 0.4) is 0 Å². The highest BCUT2D eigenvalue weighted by atomic mass is 32.1. The second-order valence-electron chi connectivity index (χ2n) is 3.67. The lowest BCUT2D eigenvalue weighted by atomic mass is 10.2. The second kappa shape index (κ2) is 6.24. The molecule has 102 valence electrons. The van der Waals surface area contributed by atoms with Gasteiger partial charge in [-0.2, -0.15) is 0 Å². The van der Waals surface area contributed by atoms with Gasteiger partial charge in [-0.15, -0.1) is 5.10 Å². The summed E-state index contributed by atoms with van der Waals surface area (Å²) in [5.74, 6) is 1.87. The Kier molecular flexibility index (Phi) is 4.40. The molecule has 0 atom stereocenters. The summed E-state index contributed by atoms with van der Waals surface area (Å²) in [5, 5.41) is 7.90. The molecule has 0 aliphatic heterocycles. The van der Waals surface area contributed by atoms with Crippen LogP contribution >= 0.6 is 11.5 Å². The van der Waals surface area contributed by atoms with Crippen molar-refractivity contribution in [3.8, 4) is 17.2 Å². The fraction of sp³-hybridized carbons (Fsp3) is 0.333. The number of benzene rings is 1. The van der Waals surface area contributed by atoms with E-state index in [4.69, 9.17) is 14.2 Å². The van der Waals surface area contributed by atoms with E-state index >= 15 is 0 Å². The van der Waals surface area contributed by atoms with Crippen molar-refractivity contribution in [1.82, 2.24) is 9.59 Å². The molecule has 0 aliphatic carbocycles. The Bertz CT molecular complexity index is 506. The minimum atomic E-state index is 0.591. The molecule has 19 heavy (non-hydrogen) atoms. The predicted molar refractivity (Wildman–Crippen MR) is 73.3 cm³/mol. The maximum Gasteiger partial charge on any atom is 0.203 e. The lowest BCUT2D eigenvalue weighted by Crippen LogP contribution is -2.01. The molecule has 0 fully saturated rings. The Morgan fingerprint density at radius 2 is 1.79 bits per heavy atom. The molecule has 0 aliphatic rings. The number of nitrogens with zero attached hydrogens (tertiary/aromatic N) is 2. The van der Waals surface area contributed by atoms with Crippen molar-refractivity contribution in [2.45, 2.75) is 6.54 Å². The molecule has 0 saturated carbocycles. The smallest absolute Gasteiger partial charge is 0.203 e. The van der Waals surface area contributed by atoms with Crippen LogP contribution < -0.4 is 19.5 Å². The molecule has 0 amide bonds. The van der Waals surface area contributed by atoms with Crippen molar-refractivity contribution in [1.29, 1.82) is 0 Å². The van der Waals surface area contributed by atoms with E-state index in [-0.39, 0.29) is 0 Å². The number of aromatic nitrogens is 2. The van der Waals surface area contributed by atoms with Crippen molar-refractivity contribution in [2.24, 2.45) is 0 Å². The van der Waals surface area contributed by atoms with E-state index in [1.54, 1.807) is 27.5 Å². The molecular weight excluding hydrogens is 266 g/mol. The first-order valence-electron chi connectivity index (χ1n) is 5.58. The van der Waals surface area contributed by atoms with E-state index in [1.807, 2.05) is 12.1 Å². The number of rotatable bonds is 6. The number of hydrogen-bond donors (Lipinski definition) is 1. The van der Waals surface area contributed by atoms with Gasteiger partial charge >= 0.3 is 0 Å². The molecule has 0 radical (unpaired) electrons. The molecule has 1 aromatic carbocycles. The van der Waals surface area contributed by atoms with Gasteiger partial charge in [0.05, 0.1) is 27.5 Å². The molecule has 6 nitrogen and oxygen atoms in total. The SMILES string of the molecule is COc1cc(CNc2cnns2)cc(OC)c1OC. The molecule has 1 aromatic heterocycles. The average molecular weight is 281 g/mol. The predicted octanol–water partition coefficient (Wildman–Crippen LogP) is 2.18. The molecular formula is C12H15N3O3S. The van der Waals surface area contributed by atoms with Crippen LogP contribution in [0.2, 0.25) is 0 Å². The van der Waals surface area contributed by atoms with Crippen LogP contribution in [-0.2, 0) is 6.54 Å². The summed E-state index contributed by atoms with van der Waals surface area (Å²) in [6.45, 7) is 0.626. The number of anilines is 1. The summed E-state index contributed by atoms with van der Waals surface area (Å²) in [5.41, 5.74) is 1.02. The van der Waals surface area contributed by atoms with Crippen LogP contribution in [0.15, 0.2) is 18.3 Å². The zero-order valence-electron chi connectivity index (χ0n) is 11.0. The zero-order chi connectivity index (χ0) is 13.7. The molecule has 7 heteroatoms. The Hall–Kier alpha value is -2.02. The van der Waals surface area contributed by atoms with Gasteiger partial charge in [0, 0.05) is 18.1 Å². The standard InChI is InChI=1S/C12H15N3O3S/c1-16-9-4-8(5-10(17-2)12(9)18-3)6-13-11-7-14-15-19-11/h4-5,7,13H,6H2,1-3H3. The lowest BCUT2D eigenvalue weighted by Gasteiger charge is -2.14. The molecule has 0 saturated heterocycles. The van der Waals surface area contributed by atoms with Crippen molar-refractivity contribution in [3.05, 3.63) is 23.9 Å². The van der Waals surface area contributed by atoms with E-state index in [2.05, 4.69) is 14.9 Å². The maximum atomic E-state index is 5.30. The Morgan fingerprint density at radius 3 is 2.26 bits per heavy atom. The molecule has 0 unspecified atom stereocenters. The number of methoxy groups -OCH3 is 3. The summed E-state index contributed by atoms with van der Waals surface area (Å²) in [6.07, 6.45) is 1.68. The Balaban J connectivity index is 2.20. The van der Waals surface area contributed by atoms with Crippen LogP contribution in [0.5, 0.6) is 17.2 Å². The molecule has 2 rings (SSSR count). The molecule has 0 bridgehead atoms. The van der Waals surface area contributed by atoms with Crippen LogP contribution in [-0.4, -0.2) is 30.9 Å². The zero-order valence-corrected chi connectivity index (χ0v) is 11.8. The van der Waals surface area contributed by atoms with Crippen LogP contribution in [0.25, 0.3) is 0 Å². The highest BCUT2D eigenvalue weighted by Gasteiger charge is 2.13. The highest BCUT2D eigenvalue weighted by molar-refractivity contribution is 7.09. The summed E-state index contributed by atoms with van der Waals surface area (Å²) in [7, 11) is 4.78. The van der Waals surface area contributed by atoms with E-state index in [9.17, 15) is 0 Å². The fourth-order valence-electron chi connectivity index (χ4n) is 1.67. The van der Waals surface area contributed by atoms with Crippen molar-refractivity contribution >= 4 is 16.5 Å². The fourth-order valence-corrected chi connectivity index (χ4v) is 2.08. The summed E-state index contributed by atoms with van der Waals surface area (Å²) in [6, 6.07) is 3.81. The molecule has 1 heterocycles. The van der Waals surface area contributed by atoms with E-state index in [1.165, 1.54) is 11.5 Å². The van der Waals surface area contributed by atoms with Gasteiger partial charge < -0.3 is 19.5 Å². The van der Waals surface area contributed by atoms with E-state index < -0.39 is 0 Å². The lowest BCUT2D eigenvalue weighted by molar-refractivity contribution is 0.324. The third kappa shape index (κ3) is 3.05. The van der Waals surface area contributed by atoms with E-state index in [0.717, 1.165) is 10.6 Å². The first-order chi connectivity index (χ1) is 9.28. The topological polar surface area (TPSA) is 65.5 Å². The summed E-state index contributed by atoms with van der Waals surface area (Å²) >= 11 is 1.31. The summed E-state index contributed by atoms with van der Waals surface area (Å²) in [4.78, 5) is 0. The number of hydrogen-bond acceptors (Lipinski definition) is 7. The van der Waals surface area contributed by atoms with Gasteiger partial charge in [-0.3, -0.25) is 0 Å². The molecule has 2 aromatic rings. The second-order valence-corrected chi connectivity index (χ2v) is 4.45. The van der Waals surface area contributed by atoms with Crippen LogP contribution in [0, 0.1) is 0 Å². The molecule has 1 N–H and O–H groups in total. The van der Waals surface area contributed by atoms with Crippen molar-refractivity contribution < 1.29 is 14.2 Å². The third-order valence-corrected chi connectivity index (χ3v) is 3.17. The Morgan fingerprint density at radius 1 is 1.11 bits per heavy atom. The van der Waals surface area contributed by atoms with Crippen molar-refractivity contribution in [2.75, 3.05) is 26.6 Å². The van der Waals surface area contributed by atoms with Gasteiger partial charge in [-0.05, 0) is 17.7 Å². The van der Waals surface area contributed by atoms with Gasteiger partial charge in [0.15, 0.2) is 11.5 Å². The van der Waals surface area contributed by atoms with Crippen LogP contribution in [0.1, 0.15) is 5.56 Å². The van der Waals surface area contributed by atoms with Crippen LogP contribution in [0.4, 0.5) is 5.00 Å². The van der Waals surface area contributed by atoms with Gasteiger partial charge in [-0.1, -0.05) is 4.49 Å². The minimum Gasteiger partial charge on any atom is -0.493 e. The number of nitrogens with one attached hydrogen (secondary N) is 1. The van der Waals surface area contributed by atoms with Gasteiger partial charge in [-0.25, -0.2) is 0 Å².